The first-order valence-electron chi connectivity index (χ1n) is 20.0. The average molecular weight is 745 g/mol. The highest BCUT2D eigenvalue weighted by Gasteiger charge is 2.36. The lowest BCUT2D eigenvalue weighted by atomic mass is 9.82. The summed E-state index contributed by atoms with van der Waals surface area (Å²) in [5.41, 5.74) is 17.1. The molecule has 10 aromatic rings. The second kappa shape index (κ2) is 13.4. The van der Waals surface area contributed by atoms with Crippen molar-refractivity contribution in [3.8, 4) is 33.4 Å². The first-order chi connectivity index (χ1) is 28.5. The number of anilines is 5. The summed E-state index contributed by atoms with van der Waals surface area (Å²) in [4.78, 5) is 2.37. The molecule has 3 heteroatoms. The van der Waals surface area contributed by atoms with Crippen molar-refractivity contribution in [1.29, 1.82) is 0 Å². The molecule has 1 N–H and O–H groups in total. The maximum atomic E-state index is 6.28. The van der Waals surface area contributed by atoms with Crippen LogP contribution < -0.4 is 10.2 Å². The van der Waals surface area contributed by atoms with E-state index >= 15 is 0 Å². The van der Waals surface area contributed by atoms with Crippen LogP contribution in [-0.2, 0) is 5.41 Å². The van der Waals surface area contributed by atoms with Gasteiger partial charge in [-0.3, -0.25) is 0 Å². The van der Waals surface area contributed by atoms with Crippen LogP contribution in [0.5, 0.6) is 0 Å². The third-order valence-corrected chi connectivity index (χ3v) is 12.0. The van der Waals surface area contributed by atoms with Gasteiger partial charge in [-0.25, -0.2) is 0 Å². The number of furan rings is 1. The zero-order chi connectivity index (χ0) is 38.8. The smallest absolute Gasteiger partial charge is 0.136 e. The number of hydrogen-bond donors (Lipinski definition) is 1. The van der Waals surface area contributed by atoms with Gasteiger partial charge in [-0.1, -0.05) is 135 Å². The van der Waals surface area contributed by atoms with Gasteiger partial charge in [-0.2, -0.15) is 0 Å². The van der Waals surface area contributed by atoms with Gasteiger partial charge >= 0.3 is 0 Å². The van der Waals surface area contributed by atoms with Crippen molar-refractivity contribution in [2.45, 2.75) is 19.3 Å². The lowest BCUT2D eigenvalue weighted by Gasteiger charge is -2.27. The molecule has 0 saturated heterocycles. The normalized spacial score (nSPS) is 12.8. The zero-order valence-electron chi connectivity index (χ0n) is 32.4. The van der Waals surface area contributed by atoms with E-state index in [2.05, 4.69) is 212 Å². The van der Waals surface area contributed by atoms with Crippen molar-refractivity contribution in [3.63, 3.8) is 0 Å². The molecule has 0 amide bonds. The molecule has 1 aromatic heterocycles. The zero-order valence-corrected chi connectivity index (χ0v) is 32.4. The number of benzene rings is 9. The van der Waals surface area contributed by atoms with Crippen LogP contribution in [0.2, 0.25) is 0 Å². The molecule has 3 nitrogen and oxygen atoms in total. The van der Waals surface area contributed by atoms with E-state index in [1.807, 2.05) is 12.1 Å². The van der Waals surface area contributed by atoms with Gasteiger partial charge in [0.25, 0.3) is 0 Å². The monoisotopic (exact) mass is 744 g/mol. The molecule has 276 valence electrons. The lowest BCUT2D eigenvalue weighted by molar-refractivity contribution is 0.661. The maximum Gasteiger partial charge on any atom is 0.136 e. The van der Waals surface area contributed by atoms with Crippen LogP contribution in [-0.4, -0.2) is 0 Å². The van der Waals surface area contributed by atoms with Gasteiger partial charge in [0.1, 0.15) is 11.2 Å². The summed E-state index contributed by atoms with van der Waals surface area (Å²) in [6, 6.07) is 72.0. The number of fused-ring (bicyclic) bond motifs is 7. The van der Waals surface area contributed by atoms with E-state index in [0.29, 0.717) is 0 Å². The highest BCUT2D eigenvalue weighted by atomic mass is 16.3. The van der Waals surface area contributed by atoms with E-state index < -0.39 is 0 Å². The molecular weight excluding hydrogens is 705 g/mol. The van der Waals surface area contributed by atoms with E-state index in [-0.39, 0.29) is 5.41 Å². The molecular formula is C55H40N2O. The highest BCUT2D eigenvalue weighted by molar-refractivity contribution is 6.08. The highest BCUT2D eigenvalue weighted by Crippen LogP contribution is 2.52. The minimum Gasteiger partial charge on any atom is -0.456 e. The van der Waals surface area contributed by atoms with Gasteiger partial charge in [0.15, 0.2) is 0 Å². The quantitative estimate of drug-likeness (QED) is 0.176. The largest absolute Gasteiger partial charge is 0.456 e. The first kappa shape index (κ1) is 33.9. The van der Waals surface area contributed by atoms with Crippen LogP contribution in [0.4, 0.5) is 28.4 Å². The molecule has 1 aliphatic rings. The molecule has 58 heavy (non-hydrogen) atoms. The molecule has 9 aromatic carbocycles. The standard InChI is InChI=1S/C55H40N2O/c1-55(2)50-30-29-44(33-48(50)47-31-39-15-9-10-16-40(39)32-51(47)55)57(42-17-7-4-8-18-42)43-27-23-37(24-28-43)36-21-25-41(26-22-36)56-52-34-49-45-19-11-12-20-53(45)58-54(49)35-46(52)38-13-5-3-6-14-38/h3-35,56H,1-2H3. The Kier molecular flexibility index (Phi) is 7.84. The Bertz CT molecular complexity index is 3140. The predicted octanol–water partition coefficient (Wildman–Crippen LogP) is 15.6. The number of nitrogens with one attached hydrogen (secondary N) is 1. The number of para-hydroxylation sites is 2. The Morgan fingerprint density at radius 1 is 0.414 bits per heavy atom. The molecule has 0 spiro atoms. The molecule has 0 unspecified atom stereocenters. The van der Waals surface area contributed by atoms with Gasteiger partial charge < -0.3 is 14.6 Å². The molecule has 1 heterocycles. The summed E-state index contributed by atoms with van der Waals surface area (Å²) < 4.78 is 6.28. The second-order valence-corrected chi connectivity index (χ2v) is 15.9. The summed E-state index contributed by atoms with van der Waals surface area (Å²) in [6.45, 7) is 4.71. The minimum absolute atomic E-state index is 0.0794. The van der Waals surface area contributed by atoms with Gasteiger partial charge in [-0.15, -0.1) is 0 Å². The molecule has 0 bridgehead atoms. The summed E-state index contributed by atoms with van der Waals surface area (Å²) in [5, 5.41) is 8.52. The molecule has 0 saturated carbocycles. The van der Waals surface area contributed by atoms with E-state index in [4.69, 9.17) is 4.42 Å². The number of hydrogen-bond acceptors (Lipinski definition) is 3. The molecule has 0 atom stereocenters. The predicted molar refractivity (Wildman–Crippen MR) is 244 cm³/mol. The van der Waals surface area contributed by atoms with Crippen LogP contribution in [0.25, 0.3) is 66.1 Å². The fourth-order valence-electron chi connectivity index (χ4n) is 9.02. The number of rotatable bonds is 7. The average Bonchev–Trinajstić information content (AvgIpc) is 3.74. The minimum atomic E-state index is -0.0794. The molecule has 0 aliphatic heterocycles. The number of nitrogens with zero attached hydrogens (tertiary/aromatic N) is 1. The Labute approximate surface area is 338 Å². The summed E-state index contributed by atoms with van der Waals surface area (Å²) >= 11 is 0. The molecule has 0 fully saturated rings. The Hall–Kier alpha value is -7.36. The Morgan fingerprint density at radius 3 is 1.78 bits per heavy atom. The molecule has 11 rings (SSSR count). The van der Waals surface area contributed by atoms with Crippen molar-refractivity contribution in [2.75, 3.05) is 10.2 Å². The van der Waals surface area contributed by atoms with E-state index in [1.165, 1.54) is 33.0 Å². The Morgan fingerprint density at radius 2 is 1.02 bits per heavy atom. The van der Waals surface area contributed by atoms with E-state index in [0.717, 1.165) is 72.6 Å². The van der Waals surface area contributed by atoms with Gasteiger partial charge in [0.2, 0.25) is 0 Å². The summed E-state index contributed by atoms with van der Waals surface area (Å²) in [7, 11) is 0. The van der Waals surface area contributed by atoms with Crippen LogP contribution >= 0.6 is 0 Å². The van der Waals surface area contributed by atoms with Crippen molar-refractivity contribution < 1.29 is 4.42 Å². The fraction of sp³-hybridized carbons (Fsp3) is 0.0545. The second-order valence-electron chi connectivity index (χ2n) is 15.9. The first-order valence-corrected chi connectivity index (χ1v) is 20.0. The van der Waals surface area contributed by atoms with Gasteiger partial charge in [0, 0.05) is 50.2 Å². The van der Waals surface area contributed by atoms with E-state index in [9.17, 15) is 0 Å². The van der Waals surface area contributed by atoms with Crippen molar-refractivity contribution >= 4 is 61.1 Å². The SMILES string of the molecule is CC1(C)c2ccc(N(c3ccccc3)c3ccc(-c4ccc(Nc5cc6c(cc5-c5ccccc5)oc5ccccc56)cc4)cc3)cc2-c2cc3ccccc3cc21. The lowest BCUT2D eigenvalue weighted by Crippen LogP contribution is -2.15. The fourth-order valence-corrected chi connectivity index (χ4v) is 9.02. The summed E-state index contributed by atoms with van der Waals surface area (Å²) in [5.74, 6) is 0. The summed E-state index contributed by atoms with van der Waals surface area (Å²) in [6.07, 6.45) is 0. The third-order valence-electron chi connectivity index (χ3n) is 12.0. The maximum absolute atomic E-state index is 6.28. The van der Waals surface area contributed by atoms with Gasteiger partial charge in [-0.05, 0) is 129 Å². The molecule has 1 aliphatic carbocycles. The Balaban J connectivity index is 0.918. The topological polar surface area (TPSA) is 28.4 Å². The van der Waals surface area contributed by atoms with Crippen molar-refractivity contribution in [2.24, 2.45) is 0 Å². The molecule has 0 radical (unpaired) electrons. The van der Waals surface area contributed by atoms with Crippen molar-refractivity contribution in [1.82, 2.24) is 0 Å². The van der Waals surface area contributed by atoms with Crippen LogP contribution in [0, 0.1) is 0 Å². The van der Waals surface area contributed by atoms with Crippen molar-refractivity contribution in [3.05, 3.63) is 211 Å². The van der Waals surface area contributed by atoms with Gasteiger partial charge in [0.05, 0.1) is 0 Å². The van der Waals surface area contributed by atoms with Crippen LogP contribution in [0.3, 0.4) is 0 Å². The van der Waals surface area contributed by atoms with Crippen LogP contribution in [0.1, 0.15) is 25.0 Å². The van der Waals surface area contributed by atoms with Crippen LogP contribution in [0.15, 0.2) is 205 Å². The van der Waals surface area contributed by atoms with E-state index in [1.54, 1.807) is 0 Å². The third kappa shape index (κ3) is 5.66.